The molecule has 1 aromatic carbocycles. The molecule has 0 aliphatic carbocycles. The average Bonchev–Trinajstić information content (AvgIpc) is 3.43. The Morgan fingerprint density at radius 3 is 3.00 bits per heavy atom. The Morgan fingerprint density at radius 2 is 2.17 bits per heavy atom. The van der Waals surface area contributed by atoms with E-state index in [1.807, 2.05) is 42.2 Å². The Balaban J connectivity index is 1.35. The minimum Gasteiger partial charge on any atom is -0.444 e. The summed E-state index contributed by atoms with van der Waals surface area (Å²) in [7, 11) is 0. The van der Waals surface area contributed by atoms with Crippen molar-refractivity contribution < 1.29 is 13.6 Å². The van der Waals surface area contributed by atoms with Crippen molar-refractivity contribution >= 4 is 23.0 Å². The highest BCUT2D eigenvalue weighted by atomic mass is 16.4. The van der Waals surface area contributed by atoms with Gasteiger partial charge >= 0.3 is 0 Å². The summed E-state index contributed by atoms with van der Waals surface area (Å²) >= 11 is 0. The van der Waals surface area contributed by atoms with Crippen LogP contribution in [0.4, 0.5) is 6.01 Å². The molecule has 8 nitrogen and oxygen atoms in total. The molecule has 1 fully saturated rings. The number of carbonyl (C=O) groups is 1. The number of pyridine rings is 1. The maximum Gasteiger partial charge on any atom is 0.295 e. The van der Waals surface area contributed by atoms with Crippen LogP contribution >= 0.6 is 0 Å². The van der Waals surface area contributed by atoms with Crippen LogP contribution in [0.2, 0.25) is 0 Å². The second kappa shape index (κ2) is 7.62. The molecule has 1 aliphatic heterocycles. The van der Waals surface area contributed by atoms with Crippen LogP contribution in [-0.2, 0) is 0 Å². The lowest BCUT2D eigenvalue weighted by Crippen LogP contribution is -2.45. The molecule has 1 aliphatic rings. The van der Waals surface area contributed by atoms with Crippen molar-refractivity contribution in [2.24, 2.45) is 0 Å². The summed E-state index contributed by atoms with van der Waals surface area (Å²) < 4.78 is 11.2. The number of nitrogens with zero attached hydrogens (tertiary/aromatic N) is 4. The van der Waals surface area contributed by atoms with E-state index in [9.17, 15) is 4.79 Å². The number of amides is 1. The van der Waals surface area contributed by atoms with Gasteiger partial charge in [0.15, 0.2) is 5.58 Å². The highest BCUT2D eigenvalue weighted by Gasteiger charge is 2.28. The first-order valence-corrected chi connectivity index (χ1v) is 9.95. The number of aromatic nitrogens is 3. The standard InChI is InChI=1S/C22H21N5O3/c1-14-11-16(20-23-8-10-29-20)19(24-12-14)21(28)27-9-4-5-15(13-27)25-22-26-17-6-2-3-7-18(17)30-22/h2-3,6-8,10-12,15H,4-5,9,13H2,1H3,(H,25,26)/t15-/m1/s1. The van der Waals surface area contributed by atoms with Gasteiger partial charge in [-0.25, -0.2) is 9.97 Å². The normalized spacial score (nSPS) is 16.7. The van der Waals surface area contributed by atoms with Gasteiger partial charge in [-0.2, -0.15) is 4.98 Å². The Kier molecular flexibility index (Phi) is 4.66. The fourth-order valence-corrected chi connectivity index (χ4v) is 3.80. The van der Waals surface area contributed by atoms with Crippen LogP contribution in [-0.4, -0.2) is 44.9 Å². The van der Waals surface area contributed by atoms with Gasteiger partial charge in [0, 0.05) is 25.3 Å². The predicted molar refractivity (Wildman–Crippen MR) is 111 cm³/mol. The fourth-order valence-electron chi connectivity index (χ4n) is 3.80. The molecule has 0 saturated carbocycles. The minimum absolute atomic E-state index is 0.0476. The van der Waals surface area contributed by atoms with Crippen LogP contribution in [0.3, 0.4) is 0 Å². The lowest BCUT2D eigenvalue weighted by molar-refractivity contribution is 0.0708. The zero-order chi connectivity index (χ0) is 20.5. The average molecular weight is 403 g/mol. The van der Waals surface area contributed by atoms with Gasteiger partial charge in [0.2, 0.25) is 5.89 Å². The number of hydrogen-bond donors (Lipinski definition) is 1. The second-order valence-corrected chi connectivity index (χ2v) is 7.47. The van der Waals surface area contributed by atoms with Crippen LogP contribution < -0.4 is 5.32 Å². The Labute approximate surface area is 172 Å². The van der Waals surface area contributed by atoms with Crippen molar-refractivity contribution in [3.05, 3.63) is 60.2 Å². The van der Waals surface area contributed by atoms with E-state index in [1.165, 1.54) is 6.26 Å². The molecule has 1 amide bonds. The van der Waals surface area contributed by atoms with Crippen LogP contribution in [0, 0.1) is 6.92 Å². The van der Waals surface area contributed by atoms with E-state index >= 15 is 0 Å². The van der Waals surface area contributed by atoms with Gasteiger partial charge in [-0.3, -0.25) is 4.79 Å². The van der Waals surface area contributed by atoms with E-state index in [1.54, 1.807) is 12.4 Å². The van der Waals surface area contributed by atoms with Gasteiger partial charge in [0.25, 0.3) is 11.9 Å². The predicted octanol–water partition coefficient (Wildman–Crippen LogP) is 3.90. The van der Waals surface area contributed by atoms with Crippen molar-refractivity contribution in [2.75, 3.05) is 18.4 Å². The van der Waals surface area contributed by atoms with E-state index in [0.717, 1.165) is 29.5 Å². The summed E-state index contributed by atoms with van der Waals surface area (Å²) in [5.74, 6) is 0.264. The number of nitrogens with one attached hydrogen (secondary N) is 1. The number of para-hydroxylation sites is 2. The molecule has 8 heteroatoms. The van der Waals surface area contributed by atoms with Crippen LogP contribution in [0.15, 0.2) is 57.8 Å². The molecule has 1 N–H and O–H groups in total. The maximum atomic E-state index is 13.3. The number of benzene rings is 1. The minimum atomic E-state index is -0.132. The van der Waals surface area contributed by atoms with E-state index < -0.39 is 0 Å². The Bertz CT molecular complexity index is 1150. The van der Waals surface area contributed by atoms with Gasteiger partial charge in [0.1, 0.15) is 17.5 Å². The number of carbonyl (C=O) groups excluding carboxylic acids is 1. The SMILES string of the molecule is Cc1cnc(C(=O)N2CCC[C@@H](Nc3nc4ccccc4o3)C2)c(-c2ncco2)c1. The Hall–Kier alpha value is -3.68. The lowest BCUT2D eigenvalue weighted by atomic mass is 10.0. The molecule has 4 aromatic rings. The van der Waals surface area contributed by atoms with Gasteiger partial charge in [-0.05, 0) is 43.5 Å². The number of likely N-dealkylation sites (tertiary alicyclic amines) is 1. The molecule has 1 saturated heterocycles. The van der Waals surface area contributed by atoms with Crippen LogP contribution in [0.5, 0.6) is 0 Å². The summed E-state index contributed by atoms with van der Waals surface area (Å²) in [5.41, 5.74) is 3.45. The maximum absolute atomic E-state index is 13.3. The van der Waals surface area contributed by atoms with E-state index in [2.05, 4.69) is 20.3 Å². The number of oxazole rings is 2. The lowest BCUT2D eigenvalue weighted by Gasteiger charge is -2.32. The summed E-state index contributed by atoms with van der Waals surface area (Å²) in [6.45, 7) is 3.14. The van der Waals surface area contributed by atoms with E-state index in [-0.39, 0.29) is 11.9 Å². The van der Waals surface area contributed by atoms with Gasteiger partial charge < -0.3 is 19.1 Å². The summed E-state index contributed by atoms with van der Waals surface area (Å²) in [5, 5.41) is 3.33. The number of rotatable bonds is 4. The third-order valence-electron chi connectivity index (χ3n) is 5.22. The summed E-state index contributed by atoms with van der Waals surface area (Å²) in [4.78, 5) is 28.2. The van der Waals surface area contributed by atoms with Gasteiger partial charge in [-0.15, -0.1) is 0 Å². The highest BCUT2D eigenvalue weighted by Crippen LogP contribution is 2.25. The molecule has 4 heterocycles. The quantitative estimate of drug-likeness (QED) is 0.552. The summed E-state index contributed by atoms with van der Waals surface area (Å²) in [6, 6.07) is 10.0. The zero-order valence-corrected chi connectivity index (χ0v) is 16.5. The van der Waals surface area contributed by atoms with Crippen LogP contribution in [0.25, 0.3) is 22.6 Å². The third-order valence-corrected chi connectivity index (χ3v) is 5.22. The fraction of sp³-hybridized carbons (Fsp3) is 0.273. The molecular weight excluding hydrogens is 382 g/mol. The zero-order valence-electron chi connectivity index (χ0n) is 16.5. The molecule has 0 bridgehead atoms. The smallest absolute Gasteiger partial charge is 0.295 e. The molecule has 3 aromatic heterocycles. The first-order valence-electron chi connectivity index (χ1n) is 9.95. The molecule has 152 valence electrons. The first kappa shape index (κ1) is 18.4. The van der Waals surface area contributed by atoms with Crippen molar-refractivity contribution in [1.82, 2.24) is 19.9 Å². The van der Waals surface area contributed by atoms with Gasteiger partial charge in [0.05, 0.1) is 11.8 Å². The molecule has 5 rings (SSSR count). The number of fused-ring (bicyclic) bond motifs is 1. The number of anilines is 1. The molecule has 0 radical (unpaired) electrons. The van der Waals surface area contributed by atoms with Crippen LogP contribution in [0.1, 0.15) is 28.9 Å². The number of aryl methyl sites for hydroxylation is 1. The molecule has 0 spiro atoms. The summed E-state index contributed by atoms with van der Waals surface area (Å²) in [6.07, 6.45) is 6.55. The van der Waals surface area contributed by atoms with Crippen molar-refractivity contribution in [2.45, 2.75) is 25.8 Å². The van der Waals surface area contributed by atoms with Crippen molar-refractivity contribution in [1.29, 1.82) is 0 Å². The number of hydrogen-bond acceptors (Lipinski definition) is 7. The van der Waals surface area contributed by atoms with E-state index in [0.29, 0.717) is 36.3 Å². The molecule has 1 atom stereocenters. The molecule has 0 unspecified atom stereocenters. The Morgan fingerprint density at radius 1 is 1.27 bits per heavy atom. The van der Waals surface area contributed by atoms with E-state index in [4.69, 9.17) is 8.83 Å². The second-order valence-electron chi connectivity index (χ2n) is 7.47. The highest BCUT2D eigenvalue weighted by molar-refractivity contribution is 5.98. The largest absolute Gasteiger partial charge is 0.444 e. The monoisotopic (exact) mass is 403 g/mol. The number of piperidine rings is 1. The van der Waals surface area contributed by atoms with Crippen molar-refractivity contribution in [3.8, 4) is 11.5 Å². The molecule has 30 heavy (non-hydrogen) atoms. The third kappa shape index (κ3) is 3.52. The van der Waals surface area contributed by atoms with Gasteiger partial charge in [-0.1, -0.05) is 12.1 Å². The molecular formula is C22H21N5O3. The van der Waals surface area contributed by atoms with Crippen molar-refractivity contribution in [3.63, 3.8) is 0 Å². The topological polar surface area (TPSA) is 97.3 Å². The first-order chi connectivity index (χ1) is 14.7.